The van der Waals surface area contributed by atoms with Gasteiger partial charge in [0.25, 0.3) is 0 Å². The van der Waals surface area contributed by atoms with E-state index in [2.05, 4.69) is 0 Å². The third-order valence-electron chi connectivity index (χ3n) is 4.46. The molecular weight excluding hydrogens is 424 g/mol. The largest absolute Gasteiger partial charge is 0.508 e. The molecule has 0 unspecified atom stereocenters. The molecule has 1 aromatic heterocycles. The number of carbonyl (C=O) groups is 1. The second kappa shape index (κ2) is 10.4. The van der Waals surface area contributed by atoms with E-state index in [1.165, 1.54) is 6.07 Å². The highest BCUT2D eigenvalue weighted by atomic mass is 16.4. The molecule has 32 heavy (non-hydrogen) atoms. The highest BCUT2D eigenvalue weighted by Crippen LogP contribution is 2.37. The van der Waals surface area contributed by atoms with E-state index in [0.29, 0.717) is 13.0 Å². The van der Waals surface area contributed by atoms with Gasteiger partial charge < -0.3 is 46.5 Å². The summed E-state index contributed by atoms with van der Waals surface area (Å²) in [6.45, 7) is 0.604. The van der Waals surface area contributed by atoms with Crippen molar-refractivity contribution >= 4 is 16.9 Å². The van der Waals surface area contributed by atoms with Gasteiger partial charge in [0.1, 0.15) is 28.5 Å². The van der Waals surface area contributed by atoms with E-state index in [1.807, 2.05) is 0 Å². The third kappa shape index (κ3) is 5.59. The smallest absolute Gasteiger partial charge is 0.320 e. The number of carboxylic acids is 1. The molecule has 10 N–H and O–H groups in total. The molecule has 1 atom stereocenters. The minimum Gasteiger partial charge on any atom is -0.508 e. The van der Waals surface area contributed by atoms with Crippen LogP contribution in [0.5, 0.6) is 28.7 Å². The Morgan fingerprint density at radius 1 is 0.969 bits per heavy atom. The van der Waals surface area contributed by atoms with Crippen molar-refractivity contribution < 1.29 is 39.9 Å². The lowest BCUT2D eigenvalue weighted by molar-refractivity contribution is -0.138. The summed E-state index contributed by atoms with van der Waals surface area (Å²) in [7, 11) is 0. The lowest BCUT2D eigenvalue weighted by atomic mass is 10.1. The van der Waals surface area contributed by atoms with E-state index in [-0.39, 0.29) is 33.8 Å². The lowest BCUT2D eigenvalue weighted by Crippen LogP contribution is -2.29. The van der Waals surface area contributed by atoms with Gasteiger partial charge in [0, 0.05) is 17.7 Å². The van der Waals surface area contributed by atoms with Gasteiger partial charge in [-0.05, 0) is 37.6 Å². The molecule has 1 heterocycles. The fraction of sp³-hybridized carbons (Fsp3) is 0.238. The van der Waals surface area contributed by atoms with Crippen LogP contribution in [0.15, 0.2) is 39.5 Å². The molecule has 0 amide bonds. The first-order valence-electron chi connectivity index (χ1n) is 9.49. The van der Waals surface area contributed by atoms with E-state index in [1.54, 1.807) is 0 Å². The molecule has 0 fully saturated rings. The van der Waals surface area contributed by atoms with Crippen LogP contribution in [-0.2, 0) is 4.79 Å². The molecule has 0 spiro atoms. The first-order valence-corrected chi connectivity index (χ1v) is 9.49. The van der Waals surface area contributed by atoms with Gasteiger partial charge in [-0.15, -0.1) is 0 Å². The van der Waals surface area contributed by atoms with Crippen LogP contribution in [0.1, 0.15) is 19.3 Å². The summed E-state index contributed by atoms with van der Waals surface area (Å²) < 4.78 is 5.35. The predicted octanol–water partition coefficient (Wildman–Crippen LogP) is 1.52. The number of hydrogen-bond donors (Lipinski definition) is 8. The van der Waals surface area contributed by atoms with Crippen molar-refractivity contribution in [3.8, 4) is 40.1 Å². The monoisotopic (exact) mass is 448 g/mol. The van der Waals surface area contributed by atoms with Gasteiger partial charge in [0.05, 0.1) is 0 Å². The number of benzene rings is 2. The fourth-order valence-electron chi connectivity index (χ4n) is 2.77. The van der Waals surface area contributed by atoms with Crippen LogP contribution in [0.25, 0.3) is 22.3 Å². The van der Waals surface area contributed by atoms with Crippen molar-refractivity contribution in [3.63, 3.8) is 0 Å². The molecule has 0 aliphatic rings. The zero-order valence-corrected chi connectivity index (χ0v) is 16.9. The van der Waals surface area contributed by atoms with Crippen LogP contribution in [0, 0.1) is 0 Å². The normalized spacial score (nSPS) is 11.6. The Morgan fingerprint density at radius 2 is 1.66 bits per heavy atom. The predicted molar refractivity (Wildman–Crippen MR) is 115 cm³/mol. The number of rotatable bonds is 6. The Balaban J connectivity index is 0.000000309. The molecule has 0 saturated heterocycles. The van der Waals surface area contributed by atoms with Gasteiger partial charge in [-0.25, -0.2) is 0 Å². The summed E-state index contributed by atoms with van der Waals surface area (Å²) in [6, 6.07) is 4.92. The van der Waals surface area contributed by atoms with Crippen molar-refractivity contribution in [2.45, 2.75) is 25.3 Å². The quantitative estimate of drug-likeness (QED) is 0.199. The number of carboxylic acid groups (broad SMARTS) is 1. The summed E-state index contributed by atoms with van der Waals surface area (Å²) in [4.78, 5) is 22.3. The van der Waals surface area contributed by atoms with Crippen LogP contribution in [0.2, 0.25) is 0 Å². The van der Waals surface area contributed by atoms with Crippen LogP contribution >= 0.6 is 0 Å². The Labute approximate surface area is 181 Å². The van der Waals surface area contributed by atoms with E-state index in [9.17, 15) is 35.1 Å². The number of aromatic hydroxyl groups is 5. The number of unbranched alkanes of at least 4 members (excludes halogenated alkanes) is 1. The SMILES string of the molecule is NCCCC[C@H](N)C(=O)O.O=c1c(O)c(-c2ccc(O)c(O)c2)oc2cc(O)cc(O)c12. The zero-order chi connectivity index (χ0) is 24.0. The van der Waals surface area contributed by atoms with Crippen molar-refractivity contribution in [2.24, 2.45) is 11.5 Å². The van der Waals surface area contributed by atoms with Crippen molar-refractivity contribution in [1.29, 1.82) is 0 Å². The molecule has 3 aromatic rings. The van der Waals surface area contributed by atoms with Crippen LogP contribution in [0.4, 0.5) is 0 Å². The second-order valence-electron chi connectivity index (χ2n) is 6.88. The zero-order valence-electron chi connectivity index (χ0n) is 16.9. The number of hydrogen-bond acceptors (Lipinski definition) is 10. The van der Waals surface area contributed by atoms with Crippen LogP contribution in [-0.4, -0.2) is 49.2 Å². The molecule has 0 radical (unpaired) electrons. The average molecular weight is 448 g/mol. The number of phenols is 4. The highest BCUT2D eigenvalue weighted by Gasteiger charge is 2.19. The molecule has 11 heteroatoms. The number of fused-ring (bicyclic) bond motifs is 1. The third-order valence-corrected chi connectivity index (χ3v) is 4.46. The maximum absolute atomic E-state index is 12.1. The fourth-order valence-corrected chi connectivity index (χ4v) is 2.77. The minimum atomic E-state index is -0.933. The maximum atomic E-state index is 12.1. The van der Waals surface area contributed by atoms with Gasteiger partial charge in [-0.3, -0.25) is 9.59 Å². The van der Waals surface area contributed by atoms with Crippen LogP contribution < -0.4 is 16.9 Å². The van der Waals surface area contributed by atoms with E-state index in [0.717, 1.165) is 37.1 Å². The first kappa shape index (κ1) is 24.3. The molecule has 0 bridgehead atoms. The Bertz CT molecular complexity index is 1170. The highest BCUT2D eigenvalue weighted by molar-refractivity contribution is 5.88. The van der Waals surface area contributed by atoms with Crippen molar-refractivity contribution in [2.75, 3.05) is 6.54 Å². The first-order chi connectivity index (χ1) is 15.1. The molecule has 0 saturated carbocycles. The summed E-state index contributed by atoms with van der Waals surface area (Å²) in [6.07, 6.45) is 2.16. The Hall–Kier alpha value is -3.96. The molecule has 0 aliphatic heterocycles. The summed E-state index contributed by atoms with van der Waals surface area (Å²) in [5.41, 5.74) is 9.53. The minimum absolute atomic E-state index is 0.134. The number of nitrogens with two attached hydrogens (primary N) is 2. The standard InChI is InChI=1S/C15H10O7.C6H14N2O2/c16-7-4-10(19)12-11(5-7)22-15(14(21)13(12)20)6-1-2-8(17)9(18)3-6;7-4-2-1-3-5(8)6(9)10/h1-5,16-19,21H;5H,1-4,7-8H2,(H,9,10)/t;5-/m.0/s1. The van der Waals surface area contributed by atoms with Crippen molar-refractivity contribution in [3.05, 3.63) is 40.6 Å². The van der Waals surface area contributed by atoms with E-state index in [4.69, 9.17) is 21.0 Å². The molecule has 11 nitrogen and oxygen atoms in total. The van der Waals surface area contributed by atoms with Crippen LogP contribution in [0.3, 0.4) is 0 Å². The Morgan fingerprint density at radius 3 is 2.25 bits per heavy atom. The van der Waals surface area contributed by atoms with Gasteiger partial charge in [0.15, 0.2) is 17.3 Å². The topological polar surface area (TPSA) is 221 Å². The van der Waals surface area contributed by atoms with Gasteiger partial charge in [-0.2, -0.15) is 0 Å². The molecular formula is C21H24N2O9. The summed E-state index contributed by atoms with van der Waals surface area (Å²) in [5.74, 6) is -3.65. The maximum Gasteiger partial charge on any atom is 0.320 e. The average Bonchev–Trinajstić information content (AvgIpc) is 2.72. The molecule has 3 rings (SSSR count). The molecule has 2 aromatic carbocycles. The van der Waals surface area contributed by atoms with E-state index < -0.39 is 34.7 Å². The van der Waals surface area contributed by atoms with Gasteiger partial charge >= 0.3 is 5.97 Å². The number of phenolic OH excluding ortho intramolecular Hbond substituents is 4. The molecule has 172 valence electrons. The molecule has 0 aliphatic carbocycles. The Kier molecular flexibility index (Phi) is 7.88. The van der Waals surface area contributed by atoms with E-state index >= 15 is 0 Å². The van der Waals surface area contributed by atoms with Crippen molar-refractivity contribution in [1.82, 2.24) is 0 Å². The summed E-state index contributed by atoms with van der Waals surface area (Å²) in [5, 5.41) is 56.0. The van der Waals surface area contributed by atoms with Gasteiger partial charge in [0.2, 0.25) is 11.2 Å². The number of aliphatic carboxylic acids is 1. The lowest BCUT2D eigenvalue weighted by Gasteiger charge is -2.08. The van der Waals surface area contributed by atoms with Gasteiger partial charge in [-0.1, -0.05) is 6.42 Å². The summed E-state index contributed by atoms with van der Waals surface area (Å²) >= 11 is 0. The second-order valence-corrected chi connectivity index (χ2v) is 6.88.